The first kappa shape index (κ1) is 15.4. The van der Waals surface area contributed by atoms with Gasteiger partial charge in [-0.2, -0.15) is 0 Å². The molecule has 0 fully saturated rings. The molecule has 0 amide bonds. The molecule has 112 valence electrons. The third kappa shape index (κ3) is 3.76. The van der Waals surface area contributed by atoms with Crippen LogP contribution in [-0.2, 0) is 22.5 Å². The molecule has 0 aliphatic rings. The van der Waals surface area contributed by atoms with Crippen molar-refractivity contribution in [1.82, 2.24) is 0 Å². The highest BCUT2D eigenvalue weighted by atomic mass is 32.1. The molecule has 2 rings (SSSR count). The van der Waals surface area contributed by atoms with Crippen molar-refractivity contribution in [2.75, 3.05) is 12.4 Å². The van der Waals surface area contributed by atoms with Gasteiger partial charge >= 0.3 is 5.97 Å². The molecule has 0 saturated heterocycles. The van der Waals surface area contributed by atoms with Gasteiger partial charge in [-0.25, -0.2) is 0 Å². The van der Waals surface area contributed by atoms with E-state index in [9.17, 15) is 9.90 Å². The Morgan fingerprint density at radius 3 is 2.67 bits per heavy atom. The van der Waals surface area contributed by atoms with Crippen LogP contribution in [0.1, 0.15) is 20.9 Å². The van der Waals surface area contributed by atoms with E-state index in [1.165, 1.54) is 7.11 Å². The number of phenols is 1. The van der Waals surface area contributed by atoms with Gasteiger partial charge in [-0.05, 0) is 37.6 Å². The molecule has 4 nitrogen and oxygen atoms in total. The number of carbonyl (C=O) groups excluding carboxylic acids is 1. The average molecular weight is 305 g/mol. The molecule has 0 spiro atoms. The minimum atomic E-state index is -0.226. The lowest BCUT2D eigenvalue weighted by molar-refractivity contribution is -0.139. The number of methoxy groups -OCH3 is 1. The van der Waals surface area contributed by atoms with Crippen molar-refractivity contribution in [3.8, 4) is 5.75 Å². The van der Waals surface area contributed by atoms with Gasteiger partial charge in [-0.15, -0.1) is 11.3 Å². The van der Waals surface area contributed by atoms with Crippen LogP contribution < -0.4 is 5.32 Å². The Morgan fingerprint density at radius 1 is 1.24 bits per heavy atom. The summed E-state index contributed by atoms with van der Waals surface area (Å²) in [5.41, 5.74) is 2.64. The summed E-state index contributed by atoms with van der Waals surface area (Å²) < 4.78 is 4.66. The average Bonchev–Trinajstić information content (AvgIpc) is 2.91. The summed E-state index contributed by atoms with van der Waals surface area (Å²) in [5.74, 6) is 0.105. The van der Waals surface area contributed by atoms with Crippen LogP contribution in [0.2, 0.25) is 0 Å². The van der Waals surface area contributed by atoms with E-state index in [1.54, 1.807) is 11.3 Å². The normalized spacial score (nSPS) is 10.4. The molecule has 1 aromatic carbocycles. The molecular weight excluding hydrogens is 286 g/mol. The Labute approximate surface area is 128 Å². The summed E-state index contributed by atoms with van der Waals surface area (Å²) in [6.07, 6.45) is 0.311. The highest BCUT2D eigenvalue weighted by Gasteiger charge is 2.08. The molecule has 0 aliphatic carbocycles. The molecule has 0 atom stereocenters. The lowest BCUT2D eigenvalue weighted by Gasteiger charge is -2.11. The maximum atomic E-state index is 11.2. The van der Waals surface area contributed by atoms with Crippen LogP contribution in [0.3, 0.4) is 0 Å². The zero-order valence-electron chi connectivity index (χ0n) is 12.4. The standard InChI is InChI=1S/C16H19NO3S/c1-10-4-7-14(11(2)16(10)19)17-9-13-6-5-12(21-13)8-15(18)20-3/h4-7,17,19H,8-9H2,1-3H3. The smallest absolute Gasteiger partial charge is 0.310 e. The number of rotatable bonds is 5. The summed E-state index contributed by atoms with van der Waals surface area (Å²) >= 11 is 1.58. The predicted octanol–water partition coefficient (Wildman–Crippen LogP) is 3.40. The molecule has 0 saturated carbocycles. The second-order valence-electron chi connectivity index (χ2n) is 4.88. The van der Waals surface area contributed by atoms with Crippen LogP contribution in [0.4, 0.5) is 5.69 Å². The maximum Gasteiger partial charge on any atom is 0.310 e. The summed E-state index contributed by atoms with van der Waals surface area (Å²) in [6, 6.07) is 7.80. The first-order chi connectivity index (χ1) is 10.0. The van der Waals surface area contributed by atoms with E-state index < -0.39 is 0 Å². The largest absolute Gasteiger partial charge is 0.507 e. The van der Waals surface area contributed by atoms with Crippen molar-refractivity contribution in [2.45, 2.75) is 26.8 Å². The third-order valence-electron chi connectivity index (χ3n) is 3.35. The number of hydrogen-bond donors (Lipinski definition) is 2. The van der Waals surface area contributed by atoms with Crippen LogP contribution >= 0.6 is 11.3 Å². The SMILES string of the molecule is COC(=O)Cc1ccc(CNc2ccc(C)c(O)c2C)s1. The molecule has 0 unspecified atom stereocenters. The fourth-order valence-corrected chi connectivity index (χ4v) is 2.98. The van der Waals surface area contributed by atoms with E-state index >= 15 is 0 Å². The van der Waals surface area contributed by atoms with E-state index in [0.29, 0.717) is 18.7 Å². The Balaban J connectivity index is 2.00. The quantitative estimate of drug-likeness (QED) is 0.831. The molecule has 1 aromatic heterocycles. The lowest BCUT2D eigenvalue weighted by Crippen LogP contribution is -2.02. The molecule has 5 heteroatoms. The lowest BCUT2D eigenvalue weighted by atomic mass is 10.1. The Morgan fingerprint density at radius 2 is 1.95 bits per heavy atom. The highest BCUT2D eigenvalue weighted by molar-refractivity contribution is 7.12. The van der Waals surface area contributed by atoms with Gasteiger partial charge in [0.05, 0.1) is 13.5 Å². The molecule has 0 bridgehead atoms. The van der Waals surface area contributed by atoms with Crippen LogP contribution in [0.15, 0.2) is 24.3 Å². The zero-order valence-corrected chi connectivity index (χ0v) is 13.2. The molecule has 21 heavy (non-hydrogen) atoms. The number of ether oxygens (including phenoxy) is 1. The van der Waals surface area contributed by atoms with Crippen molar-refractivity contribution in [1.29, 1.82) is 0 Å². The number of thiophene rings is 1. The van der Waals surface area contributed by atoms with E-state index in [-0.39, 0.29) is 5.97 Å². The van der Waals surface area contributed by atoms with Gasteiger partial charge in [0, 0.05) is 27.5 Å². The minimum Gasteiger partial charge on any atom is -0.507 e. The molecule has 0 aliphatic heterocycles. The van der Waals surface area contributed by atoms with Gasteiger partial charge in [-0.3, -0.25) is 4.79 Å². The van der Waals surface area contributed by atoms with E-state index in [4.69, 9.17) is 0 Å². The zero-order chi connectivity index (χ0) is 15.4. The highest BCUT2D eigenvalue weighted by Crippen LogP contribution is 2.28. The van der Waals surface area contributed by atoms with Crippen molar-refractivity contribution in [3.05, 3.63) is 45.1 Å². The summed E-state index contributed by atoms with van der Waals surface area (Å²) in [4.78, 5) is 13.3. The van der Waals surface area contributed by atoms with Crippen molar-refractivity contribution >= 4 is 23.0 Å². The van der Waals surface area contributed by atoms with Crippen molar-refractivity contribution < 1.29 is 14.6 Å². The maximum absolute atomic E-state index is 11.2. The first-order valence-electron chi connectivity index (χ1n) is 6.68. The van der Waals surface area contributed by atoms with Crippen LogP contribution in [-0.4, -0.2) is 18.2 Å². The van der Waals surface area contributed by atoms with Gasteiger partial charge in [0.15, 0.2) is 0 Å². The second-order valence-corrected chi connectivity index (χ2v) is 6.13. The van der Waals surface area contributed by atoms with Crippen LogP contribution in [0.25, 0.3) is 0 Å². The number of aromatic hydroxyl groups is 1. The number of anilines is 1. The first-order valence-corrected chi connectivity index (χ1v) is 7.50. The van der Waals surface area contributed by atoms with Crippen LogP contribution in [0.5, 0.6) is 5.75 Å². The van der Waals surface area contributed by atoms with E-state index in [1.807, 2.05) is 38.1 Å². The molecule has 1 heterocycles. The number of esters is 1. The van der Waals surface area contributed by atoms with Gasteiger partial charge in [-0.1, -0.05) is 6.07 Å². The second kappa shape index (κ2) is 6.63. The molecule has 2 N–H and O–H groups in total. The number of nitrogens with one attached hydrogen (secondary N) is 1. The monoisotopic (exact) mass is 305 g/mol. The van der Waals surface area contributed by atoms with E-state index in [0.717, 1.165) is 26.6 Å². The predicted molar refractivity (Wildman–Crippen MR) is 84.9 cm³/mol. The number of hydrogen-bond acceptors (Lipinski definition) is 5. The fraction of sp³-hybridized carbons (Fsp3) is 0.312. The fourth-order valence-electron chi connectivity index (χ4n) is 2.04. The van der Waals surface area contributed by atoms with Gasteiger partial charge in [0.2, 0.25) is 0 Å². The third-order valence-corrected chi connectivity index (χ3v) is 4.43. The van der Waals surface area contributed by atoms with Crippen LogP contribution in [0, 0.1) is 13.8 Å². The Hall–Kier alpha value is -2.01. The topological polar surface area (TPSA) is 58.6 Å². The summed E-state index contributed by atoms with van der Waals surface area (Å²) in [6.45, 7) is 4.43. The number of carbonyl (C=O) groups is 1. The van der Waals surface area contributed by atoms with Gasteiger partial charge in [0.25, 0.3) is 0 Å². The number of phenolic OH excluding ortho intramolecular Hbond substituents is 1. The minimum absolute atomic E-state index is 0.226. The molecular formula is C16H19NO3S. The molecule has 0 radical (unpaired) electrons. The van der Waals surface area contributed by atoms with E-state index in [2.05, 4.69) is 10.1 Å². The number of benzene rings is 1. The molecule has 2 aromatic rings. The Kier molecular flexibility index (Phi) is 4.85. The Bertz CT molecular complexity index is 649. The van der Waals surface area contributed by atoms with Gasteiger partial charge < -0.3 is 15.2 Å². The van der Waals surface area contributed by atoms with Crippen molar-refractivity contribution in [3.63, 3.8) is 0 Å². The van der Waals surface area contributed by atoms with Gasteiger partial charge in [0.1, 0.15) is 5.75 Å². The van der Waals surface area contributed by atoms with Crippen molar-refractivity contribution in [2.24, 2.45) is 0 Å². The summed E-state index contributed by atoms with van der Waals surface area (Å²) in [7, 11) is 1.39. The number of aryl methyl sites for hydroxylation is 1. The summed E-state index contributed by atoms with van der Waals surface area (Å²) in [5, 5.41) is 13.2.